The summed E-state index contributed by atoms with van der Waals surface area (Å²) in [5, 5.41) is 9.91. The molecule has 1 aromatic carbocycles. The van der Waals surface area contributed by atoms with Gasteiger partial charge in [0.25, 0.3) is 0 Å². The number of hydrogen-bond donors (Lipinski definition) is 1. The summed E-state index contributed by atoms with van der Waals surface area (Å²) in [6.45, 7) is 8.23. The summed E-state index contributed by atoms with van der Waals surface area (Å²) in [6, 6.07) is 8.86. The maximum atomic E-state index is 13.6. The number of anilines is 1. The van der Waals surface area contributed by atoms with Gasteiger partial charge in [0.05, 0.1) is 12.8 Å². The first-order chi connectivity index (χ1) is 15.4. The minimum absolute atomic E-state index is 0.0575. The van der Waals surface area contributed by atoms with Crippen LogP contribution in [0.15, 0.2) is 30.3 Å². The largest absolute Gasteiger partial charge is 0.465 e. The first kappa shape index (κ1) is 24.8. The number of likely N-dealkylation sites (N-methyl/N-ethyl adjacent to an activating group) is 1. The molecule has 0 aromatic heterocycles. The Balaban J connectivity index is 1.85. The number of amides is 3. The third-order valence-corrected chi connectivity index (χ3v) is 6.86. The number of carbonyl (C=O) groups excluding carboxylic acids is 2. The fourth-order valence-corrected chi connectivity index (χ4v) is 5.06. The minimum Gasteiger partial charge on any atom is -0.465 e. The predicted molar refractivity (Wildman–Crippen MR) is 125 cm³/mol. The lowest BCUT2D eigenvalue weighted by Gasteiger charge is -2.46. The molecule has 3 amide bonds. The van der Waals surface area contributed by atoms with Gasteiger partial charge in [-0.15, -0.1) is 0 Å². The molecule has 2 fully saturated rings. The van der Waals surface area contributed by atoms with Crippen LogP contribution in [0.2, 0.25) is 0 Å². The van der Waals surface area contributed by atoms with Crippen LogP contribution < -0.4 is 4.90 Å². The van der Waals surface area contributed by atoms with E-state index in [1.165, 1.54) is 12.0 Å². The van der Waals surface area contributed by atoms with Crippen molar-refractivity contribution in [3.8, 4) is 0 Å². The van der Waals surface area contributed by atoms with Crippen molar-refractivity contribution < 1.29 is 24.2 Å². The summed E-state index contributed by atoms with van der Waals surface area (Å²) in [4.78, 5) is 45.7. The zero-order valence-electron chi connectivity index (χ0n) is 20.4. The Labute approximate surface area is 195 Å². The maximum absolute atomic E-state index is 13.6. The Hall–Kier alpha value is -2.81. The van der Waals surface area contributed by atoms with Crippen molar-refractivity contribution in [2.75, 3.05) is 38.8 Å². The van der Waals surface area contributed by atoms with Crippen molar-refractivity contribution in [1.82, 2.24) is 14.7 Å². The van der Waals surface area contributed by atoms with Gasteiger partial charge in [-0.2, -0.15) is 0 Å². The molecule has 1 spiro atoms. The van der Waals surface area contributed by atoms with E-state index in [2.05, 4.69) is 4.90 Å². The number of likely N-dealkylation sites (tertiary alicyclic amines) is 1. The molecule has 0 unspecified atom stereocenters. The van der Waals surface area contributed by atoms with Gasteiger partial charge >= 0.3 is 6.09 Å². The molecular formula is C24H36N4O5. The fourth-order valence-electron chi connectivity index (χ4n) is 5.06. The number of carboxylic acid groups (broad SMARTS) is 1. The monoisotopic (exact) mass is 460 g/mol. The average Bonchev–Trinajstić information content (AvgIpc) is 3.01. The lowest BCUT2D eigenvalue weighted by Crippen LogP contribution is -2.64. The number of piperidine rings is 1. The van der Waals surface area contributed by atoms with E-state index in [0.717, 1.165) is 5.69 Å². The van der Waals surface area contributed by atoms with Crippen LogP contribution in [0.3, 0.4) is 0 Å². The van der Waals surface area contributed by atoms with Crippen LogP contribution in [0, 0.1) is 0 Å². The van der Waals surface area contributed by atoms with Gasteiger partial charge in [0.1, 0.15) is 11.6 Å². The van der Waals surface area contributed by atoms with Crippen LogP contribution in [-0.4, -0.2) is 94.9 Å². The summed E-state index contributed by atoms with van der Waals surface area (Å²) in [7, 11) is 3.28. The van der Waals surface area contributed by atoms with Crippen LogP contribution in [-0.2, 0) is 14.3 Å². The van der Waals surface area contributed by atoms with Crippen molar-refractivity contribution in [1.29, 1.82) is 0 Å². The van der Waals surface area contributed by atoms with Crippen molar-refractivity contribution in [3.63, 3.8) is 0 Å². The summed E-state index contributed by atoms with van der Waals surface area (Å²) in [6.07, 6.45) is -0.828. The number of ether oxygens (including phenoxy) is 1. The second-order valence-corrected chi connectivity index (χ2v) is 9.97. The average molecular weight is 461 g/mol. The van der Waals surface area contributed by atoms with Crippen LogP contribution in [0.4, 0.5) is 10.5 Å². The molecule has 0 saturated carbocycles. The highest BCUT2D eigenvalue weighted by molar-refractivity contribution is 5.94. The molecule has 9 nitrogen and oxygen atoms in total. The first-order valence-corrected chi connectivity index (χ1v) is 11.4. The number of methoxy groups -OCH3 is 1. The molecule has 0 radical (unpaired) electrons. The lowest BCUT2D eigenvalue weighted by molar-refractivity contribution is -0.147. The summed E-state index contributed by atoms with van der Waals surface area (Å²) >= 11 is 0. The maximum Gasteiger partial charge on any atom is 0.408 e. The second-order valence-electron chi connectivity index (χ2n) is 9.97. The number of carbonyl (C=O) groups is 3. The van der Waals surface area contributed by atoms with E-state index < -0.39 is 29.3 Å². The van der Waals surface area contributed by atoms with Gasteiger partial charge < -0.3 is 24.5 Å². The topological polar surface area (TPSA) is 93.6 Å². The zero-order valence-corrected chi connectivity index (χ0v) is 20.4. The molecule has 0 bridgehead atoms. The van der Waals surface area contributed by atoms with Gasteiger partial charge in [0, 0.05) is 38.5 Å². The molecule has 2 saturated heterocycles. The number of nitrogens with zero attached hydrogens (tertiary/aromatic N) is 4. The van der Waals surface area contributed by atoms with E-state index in [9.17, 15) is 19.5 Å². The molecule has 2 heterocycles. The molecule has 33 heavy (non-hydrogen) atoms. The number of para-hydroxylation sites is 1. The van der Waals surface area contributed by atoms with Crippen LogP contribution in [0.25, 0.3) is 0 Å². The van der Waals surface area contributed by atoms with Crippen LogP contribution in [0.5, 0.6) is 0 Å². The highest BCUT2D eigenvalue weighted by Crippen LogP contribution is 2.39. The van der Waals surface area contributed by atoms with Crippen molar-refractivity contribution in [2.24, 2.45) is 0 Å². The van der Waals surface area contributed by atoms with Crippen LogP contribution in [0.1, 0.15) is 40.5 Å². The molecule has 3 rings (SSSR count). The summed E-state index contributed by atoms with van der Waals surface area (Å²) in [5.41, 5.74) is -0.513. The quantitative estimate of drug-likeness (QED) is 0.726. The smallest absolute Gasteiger partial charge is 0.408 e. The zero-order chi connectivity index (χ0) is 24.6. The molecule has 1 N–H and O–H groups in total. The summed E-state index contributed by atoms with van der Waals surface area (Å²) < 4.78 is 5.43. The van der Waals surface area contributed by atoms with Gasteiger partial charge in [-0.05, 0) is 52.7 Å². The molecule has 2 aliphatic heterocycles. The van der Waals surface area contributed by atoms with Crippen molar-refractivity contribution in [2.45, 2.75) is 63.8 Å². The fraction of sp³-hybridized carbons (Fsp3) is 0.625. The number of hydrogen-bond acceptors (Lipinski definition) is 5. The Morgan fingerprint density at radius 1 is 1.15 bits per heavy atom. The third-order valence-electron chi connectivity index (χ3n) is 6.86. The SMILES string of the molecule is CO[C@@H](C)[C@H](C(=O)N1CCC2(CC1)C(=O)N(C)CN2c1ccccc1)N(C(=O)O)C(C)(C)C. The van der Waals surface area contributed by atoms with Gasteiger partial charge in [0.2, 0.25) is 11.8 Å². The molecule has 2 aliphatic rings. The normalized spacial score (nSPS) is 20.2. The highest BCUT2D eigenvalue weighted by Gasteiger charge is 2.54. The second kappa shape index (κ2) is 9.21. The molecule has 182 valence electrons. The van der Waals surface area contributed by atoms with Crippen molar-refractivity contribution >= 4 is 23.6 Å². The molecule has 2 atom stereocenters. The Morgan fingerprint density at radius 2 is 1.73 bits per heavy atom. The number of benzene rings is 1. The van der Waals surface area contributed by atoms with E-state index in [1.807, 2.05) is 30.3 Å². The molecular weight excluding hydrogens is 424 g/mol. The number of rotatable bonds is 5. The Morgan fingerprint density at radius 3 is 2.21 bits per heavy atom. The van der Waals surface area contributed by atoms with E-state index >= 15 is 0 Å². The van der Waals surface area contributed by atoms with E-state index in [-0.39, 0.29) is 11.8 Å². The Kier molecular flexibility index (Phi) is 6.93. The minimum atomic E-state index is -1.17. The first-order valence-electron chi connectivity index (χ1n) is 11.4. The summed E-state index contributed by atoms with van der Waals surface area (Å²) in [5.74, 6) is -0.233. The van der Waals surface area contributed by atoms with Crippen molar-refractivity contribution in [3.05, 3.63) is 30.3 Å². The van der Waals surface area contributed by atoms with Gasteiger partial charge in [0.15, 0.2) is 0 Å². The predicted octanol–water partition coefficient (Wildman–Crippen LogP) is 2.47. The standard InChI is InChI=1S/C24H36N4O5/c1-17(33-6)19(28(22(31)32)23(2,3)4)20(29)26-14-12-24(13-15-26)21(30)25(5)16-27(24)18-10-8-7-9-11-18/h7-11,17,19H,12-16H2,1-6H3,(H,31,32)/t17-,19+/m0/s1. The Bertz CT molecular complexity index is 877. The van der Waals surface area contributed by atoms with Gasteiger partial charge in [-0.3, -0.25) is 14.5 Å². The van der Waals surface area contributed by atoms with Crippen LogP contribution >= 0.6 is 0 Å². The molecule has 0 aliphatic carbocycles. The van der Waals surface area contributed by atoms with Gasteiger partial charge in [-0.25, -0.2) is 4.79 Å². The van der Waals surface area contributed by atoms with Gasteiger partial charge in [-0.1, -0.05) is 18.2 Å². The third kappa shape index (κ3) is 4.51. The van der Waals surface area contributed by atoms with E-state index in [4.69, 9.17) is 4.74 Å². The molecule has 9 heteroatoms. The lowest BCUT2D eigenvalue weighted by atomic mass is 9.85. The highest BCUT2D eigenvalue weighted by atomic mass is 16.5. The van der Waals surface area contributed by atoms with E-state index in [0.29, 0.717) is 32.6 Å². The molecule has 1 aromatic rings. The van der Waals surface area contributed by atoms with E-state index in [1.54, 1.807) is 44.5 Å².